The molecule has 2 N–H and O–H groups in total. The second-order valence-corrected chi connectivity index (χ2v) is 7.33. The van der Waals surface area contributed by atoms with Crippen LogP contribution < -0.4 is 4.72 Å². The largest absolute Gasteiger partial charge is 0.480 e. The second kappa shape index (κ2) is 6.13. The Balaban J connectivity index is 2.30. The maximum absolute atomic E-state index is 12.4. The van der Waals surface area contributed by atoms with Gasteiger partial charge in [-0.15, -0.1) is 0 Å². The van der Waals surface area contributed by atoms with E-state index in [2.05, 4.69) is 4.72 Å². The minimum Gasteiger partial charge on any atom is -0.480 e. The van der Waals surface area contributed by atoms with Crippen molar-refractivity contribution in [3.63, 3.8) is 0 Å². The van der Waals surface area contributed by atoms with Gasteiger partial charge in [-0.3, -0.25) is 4.79 Å². The highest BCUT2D eigenvalue weighted by atomic mass is 32.2. The van der Waals surface area contributed by atoms with Crippen molar-refractivity contribution in [3.05, 3.63) is 35.4 Å². The summed E-state index contributed by atoms with van der Waals surface area (Å²) < 4.78 is 28.3. The van der Waals surface area contributed by atoms with Gasteiger partial charge in [0.15, 0.2) is 0 Å². The van der Waals surface area contributed by atoms with Crippen molar-refractivity contribution in [1.29, 1.82) is 0 Å². The molecule has 21 heavy (non-hydrogen) atoms. The Morgan fingerprint density at radius 2 is 2.00 bits per heavy atom. The maximum Gasteiger partial charge on any atom is 0.322 e. The summed E-state index contributed by atoms with van der Waals surface area (Å²) in [5, 5.41) is 9.34. The van der Waals surface area contributed by atoms with Crippen molar-refractivity contribution in [1.82, 2.24) is 9.03 Å². The van der Waals surface area contributed by atoms with Crippen LogP contribution in [0.4, 0.5) is 0 Å². The van der Waals surface area contributed by atoms with Crippen molar-refractivity contribution in [3.8, 4) is 0 Å². The first kappa shape index (κ1) is 15.9. The molecule has 0 saturated heterocycles. The molecule has 1 aromatic rings. The summed E-state index contributed by atoms with van der Waals surface area (Å²) in [4.78, 5) is 11.4. The molecule has 116 valence electrons. The first-order valence-electron chi connectivity index (χ1n) is 6.87. The molecule has 2 rings (SSSR count). The summed E-state index contributed by atoms with van der Waals surface area (Å²) in [5.41, 5.74) is 1.74. The summed E-state index contributed by atoms with van der Waals surface area (Å²) in [5.74, 6) is -0.973. The number of nitrogens with zero attached hydrogens (tertiary/aromatic N) is 1. The molecule has 0 radical (unpaired) electrons. The van der Waals surface area contributed by atoms with E-state index in [1.807, 2.05) is 38.1 Å². The summed E-state index contributed by atoms with van der Waals surface area (Å²) in [6.07, 6.45) is 0.189. The lowest BCUT2D eigenvalue weighted by Crippen LogP contribution is -2.52. The fraction of sp³-hybridized carbons (Fsp3) is 0.500. The molecule has 1 aromatic carbocycles. The smallest absolute Gasteiger partial charge is 0.322 e. The molecular weight excluding hydrogens is 292 g/mol. The Hall–Kier alpha value is -1.44. The van der Waals surface area contributed by atoms with Crippen molar-refractivity contribution in [2.75, 3.05) is 6.54 Å². The van der Waals surface area contributed by atoms with Gasteiger partial charge in [0, 0.05) is 19.5 Å². The van der Waals surface area contributed by atoms with Gasteiger partial charge in [-0.1, -0.05) is 38.1 Å². The minimum atomic E-state index is -3.81. The molecule has 0 bridgehead atoms. The number of nitrogens with one attached hydrogen (secondary N) is 1. The highest BCUT2D eigenvalue weighted by Crippen LogP contribution is 2.25. The molecule has 1 aliphatic rings. The molecule has 6 nitrogen and oxygen atoms in total. The molecule has 0 amide bonds. The van der Waals surface area contributed by atoms with Crippen LogP contribution in [0.1, 0.15) is 25.0 Å². The van der Waals surface area contributed by atoms with Crippen LogP contribution in [0.2, 0.25) is 0 Å². The van der Waals surface area contributed by atoms with Crippen LogP contribution in [0.5, 0.6) is 0 Å². The van der Waals surface area contributed by atoms with Crippen LogP contribution in [0, 0.1) is 5.92 Å². The Bertz CT molecular complexity index is 628. The lowest BCUT2D eigenvalue weighted by atomic mass is 9.96. The molecule has 1 aliphatic heterocycles. The number of hydrogen-bond donors (Lipinski definition) is 2. The van der Waals surface area contributed by atoms with Gasteiger partial charge in [0.05, 0.1) is 0 Å². The molecule has 7 heteroatoms. The van der Waals surface area contributed by atoms with Gasteiger partial charge in [-0.05, 0) is 17.0 Å². The zero-order chi connectivity index (χ0) is 15.6. The van der Waals surface area contributed by atoms with E-state index in [0.717, 1.165) is 15.4 Å². The van der Waals surface area contributed by atoms with Crippen LogP contribution in [0.3, 0.4) is 0 Å². The molecule has 1 heterocycles. The highest BCUT2D eigenvalue weighted by molar-refractivity contribution is 7.87. The monoisotopic (exact) mass is 312 g/mol. The normalized spacial score (nSPS) is 19.5. The van der Waals surface area contributed by atoms with Gasteiger partial charge in [0.1, 0.15) is 6.04 Å². The molecule has 0 unspecified atom stereocenters. The molecule has 0 saturated carbocycles. The Morgan fingerprint density at radius 1 is 1.38 bits per heavy atom. The van der Waals surface area contributed by atoms with Gasteiger partial charge in [0.2, 0.25) is 0 Å². The van der Waals surface area contributed by atoms with Gasteiger partial charge < -0.3 is 5.11 Å². The number of rotatable bonds is 5. The lowest BCUT2D eigenvalue weighted by Gasteiger charge is -2.33. The van der Waals surface area contributed by atoms with Crippen molar-refractivity contribution in [2.45, 2.75) is 32.9 Å². The fourth-order valence-electron chi connectivity index (χ4n) is 2.32. The maximum atomic E-state index is 12.4. The second-order valence-electron chi connectivity index (χ2n) is 5.62. The average Bonchev–Trinajstić information content (AvgIpc) is 2.43. The van der Waals surface area contributed by atoms with E-state index >= 15 is 0 Å². The Morgan fingerprint density at radius 3 is 2.57 bits per heavy atom. The Kier molecular flexibility index (Phi) is 4.65. The third-order valence-electron chi connectivity index (χ3n) is 3.47. The SMILES string of the molecule is CC(C)CNS(=O)(=O)N1Cc2ccccc2C[C@H]1C(=O)O. The summed E-state index contributed by atoms with van der Waals surface area (Å²) in [6, 6.07) is 6.27. The molecule has 1 atom stereocenters. The van der Waals surface area contributed by atoms with Gasteiger partial charge in [-0.2, -0.15) is 12.7 Å². The first-order valence-corrected chi connectivity index (χ1v) is 8.31. The number of carboxylic acids is 1. The third-order valence-corrected chi connectivity index (χ3v) is 5.01. The van der Waals surface area contributed by atoms with Crippen LogP contribution in [0.15, 0.2) is 24.3 Å². The quantitative estimate of drug-likeness (QED) is 0.849. The predicted octanol–water partition coefficient (Wildman–Crippen LogP) is 0.988. The van der Waals surface area contributed by atoms with Crippen LogP contribution >= 0.6 is 0 Å². The minimum absolute atomic E-state index is 0.0839. The number of carboxylic acid groups (broad SMARTS) is 1. The number of carbonyl (C=O) groups is 1. The predicted molar refractivity (Wildman–Crippen MR) is 78.9 cm³/mol. The standard InChI is InChI=1S/C14H20N2O4S/c1-10(2)8-15-21(19,20)16-9-12-6-4-3-5-11(12)7-13(16)14(17)18/h3-6,10,13,15H,7-9H2,1-2H3,(H,17,18)/t13-/m0/s1. The van der Waals surface area contributed by atoms with E-state index < -0.39 is 22.2 Å². The summed E-state index contributed by atoms with van der Waals surface area (Å²) in [6.45, 7) is 4.15. The van der Waals surface area contributed by atoms with Crippen LogP contribution in [-0.4, -0.2) is 36.4 Å². The third kappa shape index (κ3) is 3.61. The zero-order valence-electron chi connectivity index (χ0n) is 12.1. The van der Waals surface area contributed by atoms with Gasteiger partial charge >= 0.3 is 5.97 Å². The number of hydrogen-bond acceptors (Lipinski definition) is 3. The summed E-state index contributed by atoms with van der Waals surface area (Å²) >= 11 is 0. The number of fused-ring (bicyclic) bond motifs is 1. The van der Waals surface area contributed by atoms with E-state index in [-0.39, 0.29) is 25.4 Å². The van der Waals surface area contributed by atoms with Crippen molar-refractivity contribution >= 4 is 16.2 Å². The Labute approximate surface area is 125 Å². The van der Waals surface area contributed by atoms with Gasteiger partial charge in [0.25, 0.3) is 10.2 Å². The van der Waals surface area contributed by atoms with Gasteiger partial charge in [-0.25, -0.2) is 4.72 Å². The molecule has 0 aliphatic carbocycles. The zero-order valence-corrected chi connectivity index (χ0v) is 12.9. The molecule has 0 spiro atoms. The first-order chi connectivity index (χ1) is 9.81. The highest BCUT2D eigenvalue weighted by Gasteiger charge is 2.38. The summed E-state index contributed by atoms with van der Waals surface area (Å²) in [7, 11) is -3.81. The molecule has 0 aromatic heterocycles. The topological polar surface area (TPSA) is 86.7 Å². The van der Waals surface area contributed by atoms with E-state index in [1.165, 1.54) is 0 Å². The average molecular weight is 312 g/mol. The van der Waals surface area contributed by atoms with Crippen LogP contribution in [-0.2, 0) is 28.0 Å². The number of aliphatic carboxylic acids is 1. The van der Waals surface area contributed by atoms with E-state index in [4.69, 9.17) is 0 Å². The molecule has 0 fully saturated rings. The van der Waals surface area contributed by atoms with Crippen molar-refractivity contribution in [2.24, 2.45) is 5.92 Å². The van der Waals surface area contributed by atoms with E-state index in [0.29, 0.717) is 0 Å². The van der Waals surface area contributed by atoms with E-state index in [1.54, 1.807) is 0 Å². The number of benzene rings is 1. The fourth-order valence-corrected chi connectivity index (χ4v) is 3.84. The van der Waals surface area contributed by atoms with Crippen LogP contribution in [0.25, 0.3) is 0 Å². The van der Waals surface area contributed by atoms with E-state index in [9.17, 15) is 18.3 Å². The molecular formula is C14H20N2O4S. The van der Waals surface area contributed by atoms with Crippen molar-refractivity contribution < 1.29 is 18.3 Å². The lowest BCUT2D eigenvalue weighted by molar-refractivity contribution is -0.141.